The maximum atomic E-state index is 5.57. The lowest BCUT2D eigenvalue weighted by Gasteiger charge is -2.38. The molecular weight excluding hydrogens is 276 g/mol. The number of benzene rings is 1. The first-order valence-corrected chi connectivity index (χ1v) is 7.91. The van der Waals surface area contributed by atoms with Crippen molar-refractivity contribution >= 4 is 5.69 Å². The van der Waals surface area contributed by atoms with Gasteiger partial charge in [-0.05, 0) is 38.0 Å². The van der Waals surface area contributed by atoms with E-state index in [1.807, 2.05) is 6.92 Å². The number of nitrogens with zero attached hydrogens (tertiary/aromatic N) is 4. The van der Waals surface area contributed by atoms with Crippen LogP contribution in [0.5, 0.6) is 0 Å². The molecule has 1 aromatic heterocycles. The minimum Gasteiger partial charge on any atom is -0.424 e. The molecule has 22 heavy (non-hydrogen) atoms. The Morgan fingerprint density at radius 1 is 1.05 bits per heavy atom. The molecule has 1 aromatic carbocycles. The molecule has 2 heterocycles. The van der Waals surface area contributed by atoms with Crippen molar-refractivity contribution in [2.45, 2.75) is 33.7 Å². The maximum absolute atomic E-state index is 5.57. The highest BCUT2D eigenvalue weighted by molar-refractivity contribution is 5.56. The van der Waals surface area contributed by atoms with Crippen molar-refractivity contribution in [2.24, 2.45) is 0 Å². The first-order valence-electron chi connectivity index (χ1n) is 7.91. The average Bonchev–Trinajstić information content (AvgIpc) is 2.96. The summed E-state index contributed by atoms with van der Waals surface area (Å²) in [6.07, 6.45) is 0. The van der Waals surface area contributed by atoms with Gasteiger partial charge in [0.2, 0.25) is 11.8 Å². The predicted molar refractivity (Wildman–Crippen MR) is 87.2 cm³/mol. The van der Waals surface area contributed by atoms with Gasteiger partial charge in [0.25, 0.3) is 0 Å². The quantitative estimate of drug-likeness (QED) is 0.872. The number of rotatable bonds is 3. The molecule has 1 unspecified atom stereocenters. The summed E-state index contributed by atoms with van der Waals surface area (Å²) >= 11 is 0. The minimum absolute atomic E-state index is 0.182. The summed E-state index contributed by atoms with van der Waals surface area (Å²) in [5.41, 5.74) is 4.10. The van der Waals surface area contributed by atoms with E-state index in [1.54, 1.807) is 0 Å². The monoisotopic (exact) mass is 300 g/mol. The second-order valence-electron chi connectivity index (χ2n) is 6.08. The molecule has 2 aromatic rings. The van der Waals surface area contributed by atoms with Gasteiger partial charge in [-0.15, -0.1) is 10.2 Å². The van der Waals surface area contributed by atoms with Crippen molar-refractivity contribution in [3.8, 4) is 0 Å². The zero-order valence-corrected chi connectivity index (χ0v) is 13.8. The van der Waals surface area contributed by atoms with E-state index < -0.39 is 0 Å². The third-order valence-corrected chi connectivity index (χ3v) is 4.68. The molecule has 1 fully saturated rings. The first kappa shape index (κ1) is 15.0. The van der Waals surface area contributed by atoms with Gasteiger partial charge in [-0.2, -0.15) is 0 Å². The smallest absolute Gasteiger partial charge is 0.233 e. The van der Waals surface area contributed by atoms with E-state index in [4.69, 9.17) is 4.42 Å². The molecule has 1 atom stereocenters. The molecule has 1 aliphatic rings. The molecule has 0 saturated carbocycles. The summed E-state index contributed by atoms with van der Waals surface area (Å²) in [5.74, 6) is 1.36. The van der Waals surface area contributed by atoms with Crippen LogP contribution >= 0.6 is 0 Å². The molecule has 0 aliphatic carbocycles. The molecule has 0 amide bonds. The van der Waals surface area contributed by atoms with Gasteiger partial charge >= 0.3 is 0 Å². The standard InChI is InChI=1S/C17H24N4O/c1-12-6-5-7-16(13(12)2)21-10-8-20(9-11-21)14(3)17-19-18-15(4)22-17/h5-7,14H,8-11H2,1-4H3. The summed E-state index contributed by atoms with van der Waals surface area (Å²) in [4.78, 5) is 4.89. The van der Waals surface area contributed by atoms with Gasteiger partial charge in [-0.3, -0.25) is 4.90 Å². The third kappa shape index (κ3) is 2.86. The highest BCUT2D eigenvalue weighted by Gasteiger charge is 2.25. The molecule has 1 aliphatic heterocycles. The lowest BCUT2D eigenvalue weighted by molar-refractivity contribution is 0.172. The fourth-order valence-corrected chi connectivity index (χ4v) is 3.07. The van der Waals surface area contributed by atoms with Gasteiger partial charge < -0.3 is 9.32 Å². The molecule has 5 heteroatoms. The van der Waals surface area contributed by atoms with Gasteiger partial charge in [-0.1, -0.05) is 12.1 Å². The van der Waals surface area contributed by atoms with E-state index in [0.717, 1.165) is 32.1 Å². The van der Waals surface area contributed by atoms with Crippen LogP contribution in [0.4, 0.5) is 5.69 Å². The van der Waals surface area contributed by atoms with E-state index >= 15 is 0 Å². The van der Waals surface area contributed by atoms with Gasteiger partial charge in [0.1, 0.15) is 0 Å². The van der Waals surface area contributed by atoms with Gasteiger partial charge in [0.05, 0.1) is 6.04 Å². The molecule has 0 spiro atoms. The highest BCUT2D eigenvalue weighted by atomic mass is 16.4. The zero-order chi connectivity index (χ0) is 15.7. The largest absolute Gasteiger partial charge is 0.424 e. The second-order valence-corrected chi connectivity index (χ2v) is 6.08. The Morgan fingerprint density at radius 3 is 2.41 bits per heavy atom. The topological polar surface area (TPSA) is 45.4 Å². The number of anilines is 1. The van der Waals surface area contributed by atoms with Crippen LogP contribution in [0.2, 0.25) is 0 Å². The predicted octanol–water partition coefficient (Wildman–Crippen LogP) is 2.88. The number of piperazine rings is 1. The fourth-order valence-electron chi connectivity index (χ4n) is 3.07. The summed E-state index contributed by atoms with van der Waals surface area (Å²) in [5, 5.41) is 8.08. The van der Waals surface area contributed by atoms with Crippen molar-refractivity contribution in [1.82, 2.24) is 15.1 Å². The summed E-state index contributed by atoms with van der Waals surface area (Å²) in [6.45, 7) is 12.4. The van der Waals surface area contributed by atoms with E-state index in [2.05, 4.69) is 59.0 Å². The van der Waals surface area contributed by atoms with E-state index in [1.165, 1.54) is 16.8 Å². The Balaban J connectivity index is 1.66. The van der Waals surface area contributed by atoms with Crippen LogP contribution in [0.3, 0.4) is 0 Å². The summed E-state index contributed by atoms with van der Waals surface area (Å²) in [6, 6.07) is 6.73. The van der Waals surface area contributed by atoms with Gasteiger partial charge in [-0.25, -0.2) is 0 Å². The molecule has 118 valence electrons. The molecular formula is C17H24N4O. The van der Waals surface area contributed by atoms with Crippen LogP contribution in [0, 0.1) is 20.8 Å². The molecule has 1 saturated heterocycles. The number of hydrogen-bond donors (Lipinski definition) is 0. The second kappa shape index (κ2) is 6.08. The number of aryl methyl sites for hydroxylation is 2. The lowest BCUT2D eigenvalue weighted by Crippen LogP contribution is -2.47. The lowest BCUT2D eigenvalue weighted by atomic mass is 10.1. The fraction of sp³-hybridized carbons (Fsp3) is 0.529. The Kier molecular flexibility index (Phi) is 4.16. The summed E-state index contributed by atoms with van der Waals surface area (Å²) < 4.78 is 5.57. The van der Waals surface area contributed by atoms with Gasteiger partial charge in [0.15, 0.2) is 0 Å². The van der Waals surface area contributed by atoms with Crippen LogP contribution < -0.4 is 4.90 Å². The third-order valence-electron chi connectivity index (χ3n) is 4.68. The zero-order valence-electron chi connectivity index (χ0n) is 13.8. The normalized spacial score (nSPS) is 17.7. The maximum Gasteiger partial charge on any atom is 0.233 e. The SMILES string of the molecule is Cc1nnc(C(C)N2CCN(c3cccc(C)c3C)CC2)o1. The Morgan fingerprint density at radius 2 is 1.77 bits per heavy atom. The van der Waals surface area contributed by atoms with Crippen molar-refractivity contribution < 1.29 is 4.42 Å². The molecule has 0 radical (unpaired) electrons. The molecule has 5 nitrogen and oxygen atoms in total. The van der Waals surface area contributed by atoms with Crippen LogP contribution in [0.1, 0.15) is 35.9 Å². The first-order chi connectivity index (χ1) is 10.6. The Labute approximate surface area is 131 Å². The van der Waals surface area contributed by atoms with Crippen molar-refractivity contribution in [1.29, 1.82) is 0 Å². The average molecular weight is 300 g/mol. The van der Waals surface area contributed by atoms with Crippen molar-refractivity contribution in [3.63, 3.8) is 0 Å². The Bertz CT molecular complexity index is 644. The molecule has 0 N–H and O–H groups in total. The van der Waals surface area contributed by atoms with Crippen molar-refractivity contribution in [3.05, 3.63) is 41.1 Å². The van der Waals surface area contributed by atoms with Crippen molar-refractivity contribution in [2.75, 3.05) is 31.1 Å². The molecule has 3 rings (SSSR count). The van der Waals surface area contributed by atoms with Crippen LogP contribution in [-0.4, -0.2) is 41.3 Å². The number of hydrogen-bond acceptors (Lipinski definition) is 5. The Hall–Kier alpha value is -1.88. The summed E-state index contributed by atoms with van der Waals surface area (Å²) in [7, 11) is 0. The number of aromatic nitrogens is 2. The van der Waals surface area contributed by atoms with Crippen LogP contribution in [0.15, 0.2) is 22.6 Å². The van der Waals surface area contributed by atoms with Crippen LogP contribution in [0.25, 0.3) is 0 Å². The van der Waals surface area contributed by atoms with E-state index in [-0.39, 0.29) is 6.04 Å². The highest BCUT2D eigenvalue weighted by Crippen LogP contribution is 2.26. The van der Waals surface area contributed by atoms with E-state index in [0.29, 0.717) is 5.89 Å². The van der Waals surface area contributed by atoms with Crippen LogP contribution in [-0.2, 0) is 0 Å². The van der Waals surface area contributed by atoms with E-state index in [9.17, 15) is 0 Å². The molecule has 0 bridgehead atoms. The minimum atomic E-state index is 0.182. The van der Waals surface area contributed by atoms with Gasteiger partial charge in [0, 0.05) is 38.8 Å².